The second kappa shape index (κ2) is 6.77. The van der Waals surface area contributed by atoms with Gasteiger partial charge in [0.15, 0.2) is 0 Å². The lowest BCUT2D eigenvalue weighted by molar-refractivity contribution is 0.400. The zero-order valence-electron chi connectivity index (χ0n) is 12.9. The second-order valence-corrected chi connectivity index (χ2v) is 6.61. The summed E-state index contributed by atoms with van der Waals surface area (Å²) in [5.74, 6) is 0.403. The molecule has 0 aliphatic carbocycles. The van der Waals surface area contributed by atoms with Crippen molar-refractivity contribution in [2.24, 2.45) is 13.0 Å². The molecular weight excluding hydrogens is 316 g/mol. The van der Waals surface area contributed by atoms with Gasteiger partial charge in [0.1, 0.15) is 5.65 Å². The maximum Gasteiger partial charge on any atom is 0.251 e. The highest BCUT2D eigenvalue weighted by molar-refractivity contribution is 7.77. The molecule has 2 aromatic rings. The van der Waals surface area contributed by atoms with Crippen molar-refractivity contribution in [2.75, 3.05) is 24.5 Å². The van der Waals surface area contributed by atoms with E-state index in [4.69, 9.17) is 4.55 Å². The van der Waals surface area contributed by atoms with Crippen molar-refractivity contribution in [3.8, 4) is 0 Å². The van der Waals surface area contributed by atoms with Crippen LogP contribution in [0.3, 0.4) is 0 Å². The van der Waals surface area contributed by atoms with Gasteiger partial charge in [-0.15, -0.1) is 0 Å². The molecule has 1 aliphatic rings. The fourth-order valence-electron chi connectivity index (χ4n) is 3.09. The molecule has 0 amide bonds. The van der Waals surface area contributed by atoms with E-state index in [1.54, 1.807) is 23.9 Å². The predicted molar refractivity (Wildman–Crippen MR) is 90.7 cm³/mol. The van der Waals surface area contributed by atoms with Crippen molar-refractivity contribution in [1.82, 2.24) is 14.3 Å². The molecule has 2 aromatic heterocycles. The van der Waals surface area contributed by atoms with Crippen LogP contribution < -0.4 is 15.2 Å². The number of pyridine rings is 2. The summed E-state index contributed by atoms with van der Waals surface area (Å²) >= 11 is -1.94. The van der Waals surface area contributed by atoms with Crippen LogP contribution >= 0.6 is 0 Å². The Kier molecular flexibility index (Phi) is 4.74. The number of rotatable bonds is 4. The van der Waals surface area contributed by atoms with E-state index in [0.29, 0.717) is 18.1 Å². The minimum atomic E-state index is -1.94. The smallest absolute Gasteiger partial charge is 0.251 e. The van der Waals surface area contributed by atoms with Gasteiger partial charge in [0, 0.05) is 50.0 Å². The molecule has 1 fully saturated rings. The van der Waals surface area contributed by atoms with Gasteiger partial charge in [0.2, 0.25) is 11.3 Å². The summed E-state index contributed by atoms with van der Waals surface area (Å²) in [6.07, 6.45) is 3.65. The molecule has 0 aromatic carbocycles. The van der Waals surface area contributed by atoms with Crippen LogP contribution in [0.25, 0.3) is 11.0 Å². The molecule has 1 unspecified atom stereocenters. The Labute approximate surface area is 136 Å². The van der Waals surface area contributed by atoms with Crippen LogP contribution in [-0.4, -0.2) is 37.9 Å². The Balaban J connectivity index is 1.79. The van der Waals surface area contributed by atoms with Crippen LogP contribution in [0.2, 0.25) is 0 Å². The number of piperidine rings is 1. The molecule has 7 nitrogen and oxygen atoms in total. The Bertz CT molecular complexity index is 784. The molecule has 0 radical (unpaired) electrons. The standard InChI is InChI=1S/C15H20N4O3S/c1-18-14(20)3-2-12-13(4-7-16-15(12)18)19-8-5-11(6-9-19)10-17-23(21)22/h2-4,7,11,17H,5-6,8-10H2,1H3,(H,21,22). The fraction of sp³-hybridized carbons (Fsp3) is 0.467. The van der Waals surface area contributed by atoms with Crippen LogP contribution in [0.1, 0.15) is 12.8 Å². The Morgan fingerprint density at radius 1 is 1.35 bits per heavy atom. The van der Waals surface area contributed by atoms with Gasteiger partial charge < -0.3 is 4.90 Å². The maximum atomic E-state index is 11.7. The molecule has 2 N–H and O–H groups in total. The molecule has 3 heterocycles. The highest BCUT2D eigenvalue weighted by Crippen LogP contribution is 2.28. The largest absolute Gasteiger partial charge is 0.371 e. The minimum Gasteiger partial charge on any atom is -0.371 e. The molecule has 0 spiro atoms. The molecule has 124 valence electrons. The van der Waals surface area contributed by atoms with Crippen LogP contribution in [-0.2, 0) is 18.3 Å². The molecular formula is C15H20N4O3S. The van der Waals surface area contributed by atoms with Crippen molar-refractivity contribution in [3.05, 3.63) is 34.7 Å². The molecule has 23 heavy (non-hydrogen) atoms. The molecule has 8 heteroatoms. The van der Waals surface area contributed by atoms with Gasteiger partial charge in [-0.2, -0.15) is 0 Å². The third kappa shape index (κ3) is 3.44. The van der Waals surface area contributed by atoms with Crippen molar-refractivity contribution >= 4 is 28.0 Å². The summed E-state index contributed by atoms with van der Waals surface area (Å²) in [6.45, 7) is 2.32. The number of aromatic nitrogens is 2. The minimum absolute atomic E-state index is 0.0658. The van der Waals surface area contributed by atoms with Gasteiger partial charge in [0.25, 0.3) is 5.56 Å². The van der Waals surface area contributed by atoms with E-state index >= 15 is 0 Å². The van der Waals surface area contributed by atoms with E-state index in [-0.39, 0.29) is 5.56 Å². The van der Waals surface area contributed by atoms with E-state index in [1.165, 1.54) is 0 Å². The zero-order valence-corrected chi connectivity index (χ0v) is 13.8. The summed E-state index contributed by atoms with van der Waals surface area (Å²) in [5.41, 5.74) is 1.71. The highest BCUT2D eigenvalue weighted by Gasteiger charge is 2.21. The average molecular weight is 336 g/mol. The Morgan fingerprint density at radius 2 is 2.09 bits per heavy atom. The summed E-state index contributed by atoms with van der Waals surface area (Å²) in [7, 11) is 1.73. The first kappa shape index (κ1) is 16.1. The van der Waals surface area contributed by atoms with Crippen molar-refractivity contribution < 1.29 is 8.76 Å². The number of nitrogens with zero attached hydrogens (tertiary/aromatic N) is 3. The van der Waals surface area contributed by atoms with Gasteiger partial charge in [-0.1, -0.05) is 0 Å². The summed E-state index contributed by atoms with van der Waals surface area (Å²) in [4.78, 5) is 18.4. The molecule has 1 atom stereocenters. The average Bonchev–Trinajstić information content (AvgIpc) is 2.56. The molecule has 0 bridgehead atoms. The van der Waals surface area contributed by atoms with Crippen LogP contribution in [0, 0.1) is 5.92 Å². The summed E-state index contributed by atoms with van der Waals surface area (Å²) < 4.78 is 23.6. The third-order valence-corrected chi connectivity index (χ3v) is 4.85. The Morgan fingerprint density at radius 3 is 2.78 bits per heavy atom. The predicted octanol–water partition coefficient (Wildman–Crippen LogP) is 0.876. The molecule has 1 aliphatic heterocycles. The first-order chi connectivity index (χ1) is 11.1. The summed E-state index contributed by atoms with van der Waals surface area (Å²) in [5, 5.41) is 0.975. The Hall–Kier alpha value is -1.77. The maximum absolute atomic E-state index is 11.7. The SMILES string of the molecule is Cn1c(=O)ccc2c(N3CCC(CNS(=O)O)CC3)ccnc21. The topological polar surface area (TPSA) is 87.5 Å². The van der Waals surface area contributed by atoms with Gasteiger partial charge in [-0.05, 0) is 30.9 Å². The number of hydrogen-bond donors (Lipinski definition) is 2. The van der Waals surface area contributed by atoms with E-state index in [9.17, 15) is 9.00 Å². The lowest BCUT2D eigenvalue weighted by Gasteiger charge is -2.34. The molecule has 0 saturated carbocycles. The van der Waals surface area contributed by atoms with Crippen molar-refractivity contribution in [2.45, 2.75) is 12.8 Å². The zero-order chi connectivity index (χ0) is 16.4. The number of hydrogen-bond acceptors (Lipinski definition) is 4. The molecule has 3 rings (SSSR count). The molecule has 1 saturated heterocycles. The van der Waals surface area contributed by atoms with Gasteiger partial charge in [-0.25, -0.2) is 13.9 Å². The quantitative estimate of drug-likeness (QED) is 0.809. The lowest BCUT2D eigenvalue weighted by atomic mass is 9.96. The highest BCUT2D eigenvalue weighted by atomic mass is 32.2. The van der Waals surface area contributed by atoms with Crippen molar-refractivity contribution in [3.63, 3.8) is 0 Å². The van der Waals surface area contributed by atoms with Gasteiger partial charge in [-0.3, -0.25) is 13.9 Å². The summed E-state index contributed by atoms with van der Waals surface area (Å²) in [6, 6.07) is 5.39. The van der Waals surface area contributed by atoms with Crippen LogP contribution in [0.5, 0.6) is 0 Å². The van der Waals surface area contributed by atoms with Crippen molar-refractivity contribution in [1.29, 1.82) is 0 Å². The normalized spacial score (nSPS) is 17.6. The number of fused-ring (bicyclic) bond motifs is 1. The number of aryl methyl sites for hydroxylation is 1. The van der Waals surface area contributed by atoms with E-state index < -0.39 is 11.3 Å². The van der Waals surface area contributed by atoms with Gasteiger partial charge >= 0.3 is 0 Å². The van der Waals surface area contributed by atoms with E-state index in [1.807, 2.05) is 12.1 Å². The second-order valence-electron chi connectivity index (χ2n) is 5.83. The van der Waals surface area contributed by atoms with Crippen LogP contribution in [0.4, 0.5) is 5.69 Å². The van der Waals surface area contributed by atoms with E-state index in [0.717, 1.165) is 37.0 Å². The number of nitrogens with one attached hydrogen (secondary N) is 1. The fourth-order valence-corrected chi connectivity index (χ4v) is 3.47. The first-order valence-electron chi connectivity index (χ1n) is 7.60. The van der Waals surface area contributed by atoms with Crippen LogP contribution in [0.15, 0.2) is 29.2 Å². The first-order valence-corrected chi connectivity index (χ1v) is 8.71. The van der Waals surface area contributed by atoms with E-state index in [2.05, 4.69) is 14.6 Å². The van der Waals surface area contributed by atoms with Gasteiger partial charge in [0.05, 0.1) is 0 Å². The number of anilines is 1. The monoisotopic (exact) mass is 336 g/mol. The third-order valence-electron chi connectivity index (χ3n) is 4.44. The lowest BCUT2D eigenvalue weighted by Crippen LogP contribution is -2.37.